The van der Waals surface area contributed by atoms with Crippen LogP contribution in [0.1, 0.15) is 129 Å². The summed E-state index contributed by atoms with van der Waals surface area (Å²) >= 11 is 0. The fraction of sp³-hybridized carbons (Fsp3) is 0.625. The van der Waals surface area contributed by atoms with E-state index in [1.54, 1.807) is 83.1 Å². The number of hydrogen-bond acceptors (Lipinski definition) is 4. The molecular weight excluding hydrogens is 930 g/mol. The predicted octanol–water partition coefficient (Wildman–Crippen LogP) is 9.42. The summed E-state index contributed by atoms with van der Waals surface area (Å²) in [4.78, 5) is 0. The van der Waals surface area contributed by atoms with E-state index < -0.39 is 69.1 Å². The zero-order valence-corrected chi connectivity index (χ0v) is 34.4. The van der Waals surface area contributed by atoms with Gasteiger partial charge in [-0.25, -0.2) is 0 Å². The topological polar surface area (TPSA) is 108 Å². The Bertz CT molecular complexity index is 1320. The Labute approximate surface area is 330 Å². The van der Waals surface area contributed by atoms with E-state index in [9.17, 15) is 52.7 Å². The van der Waals surface area contributed by atoms with E-state index in [0.717, 1.165) is 24.3 Å². The van der Waals surface area contributed by atoms with Crippen molar-refractivity contribution in [3.8, 4) is 0 Å². The van der Waals surface area contributed by atoms with E-state index in [1.807, 2.05) is 0 Å². The molecular formula is C32H40F12N8Rh2. The van der Waals surface area contributed by atoms with Crippen LogP contribution in [-0.4, -0.2) is 20.4 Å². The number of hydrogen-bond donors (Lipinski definition) is 0. The SMILES string of the molecule is CC(C)(C)c1cc(C(F)(F)F)[n-]n1.CC(C)(C)c1cc(C(F)(F)F)n[n-]1.CC(C)(C)c1cc(C(F)(F)F)n[n-]1.CC(C)(C)c1cc(C(F)(F)F)n[n-]1.[Rh+2].[Rh+2]. The van der Waals surface area contributed by atoms with Crippen molar-refractivity contribution in [1.29, 1.82) is 0 Å². The molecule has 0 aromatic carbocycles. The monoisotopic (exact) mass is 970 g/mol. The van der Waals surface area contributed by atoms with Crippen LogP contribution in [-0.2, 0) is 85.3 Å². The molecule has 4 rings (SSSR count). The Morgan fingerprint density at radius 2 is 0.519 bits per heavy atom. The van der Waals surface area contributed by atoms with Gasteiger partial charge in [-0.3, -0.25) is 0 Å². The van der Waals surface area contributed by atoms with Crippen molar-refractivity contribution in [3.05, 3.63) is 69.8 Å². The first kappa shape index (κ1) is 53.3. The first-order valence-corrected chi connectivity index (χ1v) is 15.2. The molecule has 4 aromatic heterocycles. The van der Waals surface area contributed by atoms with Crippen molar-refractivity contribution in [2.24, 2.45) is 0 Å². The quantitative estimate of drug-likeness (QED) is 0.127. The summed E-state index contributed by atoms with van der Waals surface area (Å²) in [6.07, 6.45) is -17.6. The van der Waals surface area contributed by atoms with E-state index in [4.69, 9.17) is 0 Å². The molecule has 2 radical (unpaired) electrons. The molecule has 0 saturated carbocycles. The van der Waals surface area contributed by atoms with Crippen LogP contribution in [0.2, 0.25) is 0 Å². The summed E-state index contributed by atoms with van der Waals surface area (Å²) in [7, 11) is 0. The molecule has 22 heteroatoms. The van der Waals surface area contributed by atoms with Crippen molar-refractivity contribution in [1.82, 2.24) is 40.8 Å². The van der Waals surface area contributed by atoms with Gasteiger partial charge in [0.2, 0.25) is 0 Å². The predicted molar refractivity (Wildman–Crippen MR) is 165 cm³/mol. The van der Waals surface area contributed by atoms with Gasteiger partial charge >= 0.3 is 63.7 Å². The smallest absolute Gasteiger partial charge is 0.578 e. The van der Waals surface area contributed by atoms with Gasteiger partial charge in [-0.2, -0.15) is 52.7 Å². The molecule has 0 bridgehead atoms. The second-order valence-corrected chi connectivity index (χ2v) is 15.5. The minimum absolute atomic E-state index is 0. The molecule has 0 aliphatic heterocycles. The first-order valence-electron chi connectivity index (χ1n) is 15.2. The van der Waals surface area contributed by atoms with Crippen LogP contribution in [0.15, 0.2) is 24.3 Å². The van der Waals surface area contributed by atoms with Gasteiger partial charge in [0, 0.05) is 11.1 Å². The second-order valence-electron chi connectivity index (χ2n) is 15.5. The molecule has 0 saturated heterocycles. The van der Waals surface area contributed by atoms with Gasteiger partial charge in [-0.15, -0.1) is 17.1 Å². The van der Waals surface area contributed by atoms with Crippen molar-refractivity contribution in [2.45, 2.75) is 129 Å². The maximum absolute atomic E-state index is 12.1. The minimum atomic E-state index is -4.39. The molecule has 54 heavy (non-hydrogen) atoms. The molecule has 0 amide bonds. The third-order valence-corrected chi connectivity index (χ3v) is 6.39. The summed E-state index contributed by atoms with van der Waals surface area (Å²) in [5, 5.41) is 26.3. The zero-order chi connectivity index (χ0) is 41.1. The van der Waals surface area contributed by atoms with Crippen LogP contribution in [0.4, 0.5) is 52.7 Å². The Kier molecular flexibility index (Phi) is 18.2. The normalized spacial score (nSPS) is 12.9. The summed E-state index contributed by atoms with van der Waals surface area (Å²) in [6, 6.07) is 3.94. The molecule has 310 valence electrons. The van der Waals surface area contributed by atoms with Gasteiger partial charge in [0.1, 0.15) is 17.1 Å². The number of halogens is 12. The van der Waals surface area contributed by atoms with Crippen LogP contribution in [0, 0.1) is 0 Å². The average molecular weight is 971 g/mol. The van der Waals surface area contributed by atoms with Gasteiger partial charge in [0.25, 0.3) is 0 Å². The summed E-state index contributed by atoms with van der Waals surface area (Å²) in [5.41, 5.74) is -3.80. The Morgan fingerprint density at radius 3 is 0.630 bits per heavy atom. The Balaban J connectivity index is 0. The third-order valence-electron chi connectivity index (χ3n) is 6.39. The van der Waals surface area contributed by atoms with E-state index in [2.05, 4.69) is 40.8 Å². The first-order chi connectivity index (χ1) is 22.8. The van der Waals surface area contributed by atoms with Gasteiger partial charge in [0.05, 0.1) is 0 Å². The number of aromatic nitrogens is 8. The molecule has 4 aromatic rings. The van der Waals surface area contributed by atoms with E-state index in [-0.39, 0.29) is 39.0 Å². The number of alkyl halides is 12. The van der Waals surface area contributed by atoms with Gasteiger partial charge in [-0.05, 0) is 21.9 Å². The molecule has 0 atom stereocenters. The molecule has 8 nitrogen and oxygen atoms in total. The van der Waals surface area contributed by atoms with Gasteiger partial charge in [0.15, 0.2) is 0 Å². The summed E-state index contributed by atoms with van der Waals surface area (Å²) < 4.78 is 145. The van der Waals surface area contributed by atoms with Crippen molar-refractivity contribution >= 4 is 0 Å². The Hall–Kier alpha value is -2.75. The standard InChI is InChI=1S/4C8H10F3N2.2Rh/c4*1-7(2,3)5-4-6(13-12-5)8(9,10)11;;/h4*4H,1-3H3;;/q4*-1;2*+2. The molecule has 0 fully saturated rings. The average Bonchev–Trinajstić information content (AvgIpc) is 3.72. The summed E-state index contributed by atoms with van der Waals surface area (Å²) in [5.74, 6) is 0. The van der Waals surface area contributed by atoms with E-state index >= 15 is 0 Å². The van der Waals surface area contributed by atoms with Crippen LogP contribution in [0.5, 0.6) is 0 Å². The maximum atomic E-state index is 12.1. The number of rotatable bonds is 0. The minimum Gasteiger partial charge on any atom is -0.578 e. The van der Waals surface area contributed by atoms with Gasteiger partial charge < -0.3 is 40.8 Å². The molecule has 0 aliphatic carbocycles. The van der Waals surface area contributed by atoms with Crippen molar-refractivity contribution < 1.29 is 91.6 Å². The fourth-order valence-corrected chi connectivity index (χ4v) is 3.20. The summed E-state index contributed by atoms with van der Waals surface area (Å²) in [6.45, 7) is 21.5. The fourth-order valence-electron chi connectivity index (χ4n) is 3.20. The van der Waals surface area contributed by atoms with Gasteiger partial charge in [-0.1, -0.05) is 107 Å². The molecule has 4 heterocycles. The van der Waals surface area contributed by atoms with Crippen molar-refractivity contribution in [2.75, 3.05) is 0 Å². The van der Waals surface area contributed by atoms with Crippen LogP contribution in [0.3, 0.4) is 0 Å². The largest absolute Gasteiger partial charge is 2.00 e. The number of nitrogens with zero attached hydrogens (tertiary/aromatic N) is 8. The second kappa shape index (κ2) is 18.5. The van der Waals surface area contributed by atoms with Crippen molar-refractivity contribution in [3.63, 3.8) is 0 Å². The van der Waals surface area contributed by atoms with E-state index in [1.165, 1.54) is 0 Å². The molecule has 0 spiro atoms. The van der Waals surface area contributed by atoms with Crippen LogP contribution in [0.25, 0.3) is 0 Å². The molecule has 0 aliphatic rings. The Morgan fingerprint density at radius 1 is 0.315 bits per heavy atom. The van der Waals surface area contributed by atoms with Crippen LogP contribution < -0.4 is 20.4 Å². The zero-order valence-electron chi connectivity index (χ0n) is 31.1. The third kappa shape index (κ3) is 17.4. The molecule has 0 N–H and O–H groups in total. The maximum Gasteiger partial charge on any atom is 2.00 e. The van der Waals surface area contributed by atoms with Crippen LogP contribution >= 0.6 is 0 Å². The molecule has 0 unspecified atom stereocenters. The van der Waals surface area contributed by atoms with E-state index in [0.29, 0.717) is 22.8 Å².